The number of likely N-dealkylation sites (N-methyl/N-ethyl adjacent to an activating group) is 1. The number of carbonyl (C=O) groups excluding carboxylic acids is 1. The highest BCUT2D eigenvalue weighted by Crippen LogP contribution is 2.31. The number of fused-ring (bicyclic) bond motifs is 1. The minimum atomic E-state index is 0.215. The lowest BCUT2D eigenvalue weighted by molar-refractivity contribution is -0.119. The third-order valence-electron chi connectivity index (χ3n) is 4.11. The maximum absolute atomic E-state index is 12.6. The molecule has 0 unspecified atom stereocenters. The summed E-state index contributed by atoms with van der Waals surface area (Å²) >= 11 is 0. The van der Waals surface area contributed by atoms with Crippen molar-refractivity contribution in [1.82, 2.24) is 10.2 Å². The maximum atomic E-state index is 12.6. The molecule has 2 aliphatic rings. The third-order valence-corrected chi connectivity index (χ3v) is 4.11. The lowest BCUT2D eigenvalue weighted by Crippen LogP contribution is -2.50. The molecule has 2 aliphatic heterocycles. The van der Waals surface area contributed by atoms with E-state index >= 15 is 0 Å². The van der Waals surface area contributed by atoms with Gasteiger partial charge in [-0.2, -0.15) is 0 Å². The van der Waals surface area contributed by atoms with E-state index in [9.17, 15) is 4.79 Å². The molecule has 2 heterocycles. The van der Waals surface area contributed by atoms with Gasteiger partial charge in [0.05, 0.1) is 17.9 Å². The van der Waals surface area contributed by atoms with Crippen molar-refractivity contribution in [3.63, 3.8) is 0 Å². The first kappa shape index (κ1) is 13.4. The highest BCUT2D eigenvalue weighted by atomic mass is 16.2. The smallest absolute Gasteiger partial charge is 0.241 e. The molecule has 0 spiro atoms. The van der Waals surface area contributed by atoms with Crippen LogP contribution >= 0.6 is 0 Å². The number of hydrogen-bond acceptors (Lipinski definition) is 4. The number of rotatable bonds is 2. The second-order valence-electron chi connectivity index (χ2n) is 5.48. The van der Waals surface area contributed by atoms with E-state index in [1.165, 1.54) is 0 Å². The summed E-state index contributed by atoms with van der Waals surface area (Å²) in [5, 5.41) is 3.32. The lowest BCUT2D eigenvalue weighted by Gasteiger charge is -2.37. The van der Waals surface area contributed by atoms with Crippen molar-refractivity contribution in [1.29, 1.82) is 0 Å². The second-order valence-corrected chi connectivity index (χ2v) is 5.48. The topological polar surface area (TPSA) is 38.8 Å². The van der Waals surface area contributed by atoms with E-state index in [2.05, 4.69) is 28.2 Å². The van der Waals surface area contributed by atoms with E-state index in [0.717, 1.165) is 50.6 Å². The van der Waals surface area contributed by atoms with Crippen molar-refractivity contribution in [2.45, 2.75) is 0 Å². The average Bonchev–Trinajstić information content (AvgIpc) is 2.49. The third kappa shape index (κ3) is 2.64. The van der Waals surface area contributed by atoms with E-state index in [4.69, 9.17) is 0 Å². The molecule has 5 nitrogen and oxygen atoms in total. The molecule has 0 aromatic heterocycles. The van der Waals surface area contributed by atoms with Gasteiger partial charge < -0.3 is 15.1 Å². The molecule has 0 radical (unpaired) electrons. The summed E-state index contributed by atoms with van der Waals surface area (Å²) in [5.74, 6) is 0.215. The predicted octanol–water partition coefficient (Wildman–Crippen LogP) is 0.375. The lowest BCUT2D eigenvalue weighted by atomic mass is 10.1. The fourth-order valence-corrected chi connectivity index (χ4v) is 2.91. The fraction of sp³-hybridized carbons (Fsp3) is 0.533. The van der Waals surface area contributed by atoms with Gasteiger partial charge in [0, 0.05) is 46.3 Å². The molecular weight excluding hydrogens is 252 g/mol. The summed E-state index contributed by atoms with van der Waals surface area (Å²) in [4.78, 5) is 19.0. The van der Waals surface area contributed by atoms with Gasteiger partial charge in [-0.15, -0.1) is 0 Å². The normalized spacial score (nSPS) is 19.9. The molecule has 1 amide bonds. The van der Waals surface area contributed by atoms with Crippen LogP contribution in [0.25, 0.3) is 0 Å². The molecule has 0 bridgehead atoms. The van der Waals surface area contributed by atoms with Gasteiger partial charge >= 0.3 is 0 Å². The molecule has 1 fully saturated rings. The maximum Gasteiger partial charge on any atom is 0.241 e. The van der Waals surface area contributed by atoms with E-state index in [-0.39, 0.29) is 5.91 Å². The second kappa shape index (κ2) is 5.81. The van der Waals surface area contributed by atoms with Gasteiger partial charge in [0.15, 0.2) is 0 Å². The first-order valence-electron chi connectivity index (χ1n) is 7.29. The van der Waals surface area contributed by atoms with Gasteiger partial charge in [0.25, 0.3) is 0 Å². The van der Waals surface area contributed by atoms with Crippen molar-refractivity contribution in [2.75, 3.05) is 62.7 Å². The molecule has 5 heteroatoms. The van der Waals surface area contributed by atoms with Crippen LogP contribution in [0.5, 0.6) is 0 Å². The molecule has 0 aliphatic carbocycles. The molecule has 0 atom stereocenters. The van der Waals surface area contributed by atoms with Gasteiger partial charge in [0.2, 0.25) is 5.91 Å². The van der Waals surface area contributed by atoms with Crippen LogP contribution in [0.3, 0.4) is 0 Å². The molecule has 108 valence electrons. The predicted molar refractivity (Wildman–Crippen MR) is 81.4 cm³/mol. The molecule has 1 N–H and O–H groups in total. The number of piperazine rings is 1. The van der Waals surface area contributed by atoms with Crippen LogP contribution in [0.2, 0.25) is 0 Å². The van der Waals surface area contributed by atoms with Crippen LogP contribution in [0.15, 0.2) is 24.3 Å². The van der Waals surface area contributed by atoms with Crippen LogP contribution in [-0.4, -0.2) is 63.7 Å². The van der Waals surface area contributed by atoms with Gasteiger partial charge in [-0.3, -0.25) is 9.69 Å². The first-order chi connectivity index (χ1) is 9.75. The van der Waals surface area contributed by atoms with Gasteiger partial charge in [-0.05, 0) is 12.1 Å². The number of amides is 1. The first-order valence-corrected chi connectivity index (χ1v) is 7.29. The monoisotopic (exact) mass is 274 g/mol. The zero-order valence-electron chi connectivity index (χ0n) is 12.0. The van der Waals surface area contributed by atoms with Crippen LogP contribution in [0.1, 0.15) is 0 Å². The minimum Gasteiger partial charge on any atom is -0.371 e. The number of carbonyl (C=O) groups is 1. The molecule has 0 saturated carbocycles. The zero-order chi connectivity index (χ0) is 13.9. The molecule has 1 aromatic rings. The summed E-state index contributed by atoms with van der Waals surface area (Å²) in [6.45, 7) is 6.07. The summed E-state index contributed by atoms with van der Waals surface area (Å²) in [7, 11) is 2.08. The van der Waals surface area contributed by atoms with Crippen LogP contribution < -0.4 is 15.1 Å². The Labute approximate surface area is 120 Å². The Morgan fingerprint density at radius 2 is 1.80 bits per heavy atom. The Hall–Kier alpha value is -1.59. The number of benzene rings is 1. The zero-order valence-corrected chi connectivity index (χ0v) is 12.0. The number of nitrogens with one attached hydrogen (secondary N) is 1. The Morgan fingerprint density at radius 1 is 1.10 bits per heavy atom. The summed E-state index contributed by atoms with van der Waals surface area (Å²) in [6.07, 6.45) is 0. The average molecular weight is 274 g/mol. The van der Waals surface area contributed by atoms with E-state index in [0.29, 0.717) is 6.54 Å². The molecular formula is C15H22N4O. The summed E-state index contributed by atoms with van der Waals surface area (Å²) < 4.78 is 0. The highest BCUT2D eigenvalue weighted by molar-refractivity contribution is 5.98. The fourth-order valence-electron chi connectivity index (χ4n) is 2.91. The van der Waals surface area contributed by atoms with Crippen LogP contribution in [-0.2, 0) is 4.79 Å². The van der Waals surface area contributed by atoms with Crippen molar-refractivity contribution in [2.24, 2.45) is 0 Å². The van der Waals surface area contributed by atoms with E-state index < -0.39 is 0 Å². The largest absolute Gasteiger partial charge is 0.371 e. The van der Waals surface area contributed by atoms with Crippen molar-refractivity contribution >= 4 is 17.3 Å². The molecule has 1 aromatic carbocycles. The van der Waals surface area contributed by atoms with Crippen LogP contribution in [0, 0.1) is 0 Å². The number of hydrogen-bond donors (Lipinski definition) is 1. The van der Waals surface area contributed by atoms with Crippen LogP contribution in [0.4, 0.5) is 11.4 Å². The van der Waals surface area contributed by atoms with Crippen molar-refractivity contribution in [3.05, 3.63) is 24.3 Å². The molecule has 1 saturated heterocycles. The Morgan fingerprint density at radius 3 is 2.55 bits per heavy atom. The Kier molecular flexibility index (Phi) is 3.89. The number of nitrogens with zero attached hydrogens (tertiary/aromatic N) is 3. The van der Waals surface area contributed by atoms with E-state index in [1.807, 2.05) is 23.1 Å². The van der Waals surface area contributed by atoms with Gasteiger partial charge in [0.1, 0.15) is 0 Å². The Bertz CT molecular complexity index is 485. The van der Waals surface area contributed by atoms with Crippen molar-refractivity contribution in [3.8, 4) is 0 Å². The quantitative estimate of drug-likeness (QED) is 0.846. The number of para-hydroxylation sites is 2. The summed E-state index contributed by atoms with van der Waals surface area (Å²) in [6, 6.07) is 8.16. The van der Waals surface area contributed by atoms with E-state index in [1.54, 1.807) is 0 Å². The SMILES string of the molecule is CN1CCN(C(=O)CN2CCNCC2)c2ccccc21. The molecule has 20 heavy (non-hydrogen) atoms. The molecule has 3 rings (SSSR count). The summed E-state index contributed by atoms with van der Waals surface area (Å²) in [5.41, 5.74) is 2.19. The minimum absolute atomic E-state index is 0.215. The van der Waals surface area contributed by atoms with Gasteiger partial charge in [-0.25, -0.2) is 0 Å². The van der Waals surface area contributed by atoms with Gasteiger partial charge in [-0.1, -0.05) is 12.1 Å². The van der Waals surface area contributed by atoms with Crippen molar-refractivity contribution < 1.29 is 4.79 Å². The highest BCUT2D eigenvalue weighted by Gasteiger charge is 2.26. The Balaban J connectivity index is 1.73. The number of anilines is 2. The standard InChI is InChI=1S/C15H22N4O/c1-17-10-11-19(14-5-3-2-4-13(14)17)15(20)12-18-8-6-16-7-9-18/h2-5,16H,6-12H2,1H3.